The minimum Gasteiger partial charge on any atom is -0.742 e. The van der Waals surface area contributed by atoms with E-state index in [-0.39, 0.29) is 30.7 Å². The molecule has 0 amide bonds. The number of carbonyl (C=O) groups is 2. The van der Waals surface area contributed by atoms with Gasteiger partial charge in [-0.1, -0.05) is 117 Å². The van der Waals surface area contributed by atoms with Crippen LogP contribution in [0.3, 0.4) is 0 Å². The number of rotatable bonds is 20. The molecule has 5 heteroatoms. The van der Waals surface area contributed by atoms with Crippen LogP contribution >= 0.6 is 0 Å². The summed E-state index contributed by atoms with van der Waals surface area (Å²) >= 11 is 8.98. The van der Waals surface area contributed by atoms with E-state index in [9.17, 15) is 9.59 Å². The fourth-order valence-electron chi connectivity index (χ4n) is 3.16. The van der Waals surface area contributed by atoms with Gasteiger partial charge in [-0.15, -0.1) is 0 Å². The van der Waals surface area contributed by atoms with E-state index >= 15 is 0 Å². The molecule has 0 aliphatic heterocycles. The topological polar surface area (TPSA) is 34.1 Å². The maximum Gasteiger partial charge on any atom is 2.00 e. The molecule has 0 aliphatic rings. The summed E-state index contributed by atoms with van der Waals surface area (Å²) in [5.74, 6) is 0. The Labute approximate surface area is 207 Å². The molecule has 0 rings (SSSR count). The van der Waals surface area contributed by atoms with Gasteiger partial charge in [-0.2, -0.15) is 0 Å². The second-order valence-corrected chi connectivity index (χ2v) is 8.81. The smallest absolute Gasteiger partial charge is 0.742 e. The van der Waals surface area contributed by atoms with Crippen LogP contribution in [-0.4, -0.2) is 10.2 Å². The average molecular weight is 537 g/mol. The quantitative estimate of drug-likeness (QED) is 0.0897. The average Bonchev–Trinajstić information content (AvgIpc) is 2.65. The van der Waals surface area contributed by atoms with Gasteiger partial charge in [0.15, 0.2) is 0 Å². The SMILES string of the molecule is CCCCCCCCCCCC(=O)[S-].CCCCCCCCCCCC(=O)[S-].[Pd+2]. The molecular formula is C24H46O2PdS2. The van der Waals surface area contributed by atoms with Gasteiger partial charge < -0.3 is 34.8 Å². The Bertz CT molecular complexity index is 307. The van der Waals surface area contributed by atoms with E-state index < -0.39 is 0 Å². The van der Waals surface area contributed by atoms with E-state index in [1.54, 1.807) is 0 Å². The Kier molecular flexibility index (Phi) is 36.0. The molecule has 0 radical (unpaired) electrons. The molecule has 0 aromatic carbocycles. The van der Waals surface area contributed by atoms with E-state index in [2.05, 4.69) is 39.1 Å². The van der Waals surface area contributed by atoms with Crippen molar-refractivity contribution in [1.29, 1.82) is 0 Å². The van der Waals surface area contributed by atoms with Crippen molar-refractivity contribution in [2.24, 2.45) is 0 Å². The molecule has 0 heterocycles. The van der Waals surface area contributed by atoms with Crippen molar-refractivity contribution in [3.63, 3.8) is 0 Å². The molecule has 0 saturated carbocycles. The van der Waals surface area contributed by atoms with Gasteiger partial charge in [0.1, 0.15) is 0 Å². The van der Waals surface area contributed by atoms with Crippen LogP contribution in [0.25, 0.3) is 0 Å². The monoisotopic (exact) mass is 536 g/mol. The summed E-state index contributed by atoms with van der Waals surface area (Å²) in [4.78, 5) is 20.9. The van der Waals surface area contributed by atoms with Gasteiger partial charge in [0, 0.05) is 10.2 Å². The molecule has 0 aliphatic carbocycles. The standard InChI is InChI=1S/2C12H24OS.Pd/c2*1-2-3-4-5-6-7-8-9-10-11-12(13)14;/h2*2-11H2,1H3,(H,13,14);/q;;+2/p-2. The third-order valence-electron chi connectivity index (χ3n) is 4.97. The van der Waals surface area contributed by atoms with Crippen LogP contribution in [0.2, 0.25) is 0 Å². The van der Waals surface area contributed by atoms with E-state index in [1.165, 1.54) is 103 Å². The van der Waals surface area contributed by atoms with Crippen LogP contribution in [0.4, 0.5) is 0 Å². The first-order valence-electron chi connectivity index (χ1n) is 11.9. The predicted octanol–water partition coefficient (Wildman–Crippen LogP) is 7.96. The van der Waals surface area contributed by atoms with Crippen molar-refractivity contribution in [1.82, 2.24) is 0 Å². The summed E-state index contributed by atoms with van der Waals surface area (Å²) in [6, 6.07) is 0. The van der Waals surface area contributed by atoms with Crippen molar-refractivity contribution in [3.05, 3.63) is 0 Å². The zero-order valence-electron chi connectivity index (χ0n) is 19.1. The fourth-order valence-corrected chi connectivity index (χ4v) is 3.45. The fraction of sp³-hybridized carbons (Fsp3) is 0.917. The second kappa shape index (κ2) is 30.6. The first-order valence-corrected chi connectivity index (χ1v) is 12.8. The van der Waals surface area contributed by atoms with Crippen LogP contribution in [0.15, 0.2) is 0 Å². The van der Waals surface area contributed by atoms with E-state index in [0.29, 0.717) is 12.8 Å². The van der Waals surface area contributed by atoms with Crippen LogP contribution in [0.1, 0.15) is 142 Å². The minimum absolute atomic E-state index is 0. The first kappa shape index (κ1) is 34.1. The molecule has 0 unspecified atom stereocenters. The zero-order chi connectivity index (χ0) is 21.3. The van der Waals surface area contributed by atoms with Crippen LogP contribution < -0.4 is 0 Å². The molecule has 0 saturated heterocycles. The van der Waals surface area contributed by atoms with E-state index in [0.717, 1.165) is 12.8 Å². The third-order valence-corrected chi connectivity index (χ3v) is 5.38. The van der Waals surface area contributed by atoms with E-state index in [1.807, 2.05) is 0 Å². The van der Waals surface area contributed by atoms with Gasteiger partial charge in [-0.25, -0.2) is 0 Å². The summed E-state index contributed by atoms with van der Waals surface area (Å²) in [6.07, 6.45) is 24.4. The van der Waals surface area contributed by atoms with Crippen LogP contribution in [0, 0.1) is 0 Å². The minimum atomic E-state index is -0.0760. The molecule has 0 N–H and O–H groups in total. The van der Waals surface area contributed by atoms with Gasteiger partial charge in [0.25, 0.3) is 0 Å². The summed E-state index contributed by atoms with van der Waals surface area (Å²) in [6.45, 7) is 4.48. The molecule has 0 aromatic rings. The summed E-state index contributed by atoms with van der Waals surface area (Å²) in [7, 11) is 0. The molecule has 29 heavy (non-hydrogen) atoms. The molecule has 0 aromatic heterocycles. The van der Waals surface area contributed by atoms with Crippen LogP contribution in [0.5, 0.6) is 0 Å². The Morgan fingerprint density at radius 1 is 0.448 bits per heavy atom. The molecular weight excluding hydrogens is 491 g/mol. The van der Waals surface area contributed by atoms with Gasteiger partial charge >= 0.3 is 20.4 Å². The van der Waals surface area contributed by atoms with Crippen molar-refractivity contribution in [2.75, 3.05) is 0 Å². The van der Waals surface area contributed by atoms with Gasteiger partial charge in [-0.3, -0.25) is 0 Å². The Morgan fingerprint density at radius 2 is 0.655 bits per heavy atom. The normalized spacial score (nSPS) is 10.0. The third kappa shape index (κ3) is 39.5. The van der Waals surface area contributed by atoms with Gasteiger partial charge in [0.2, 0.25) is 0 Å². The number of hydrogen-bond acceptors (Lipinski definition) is 4. The Hall–Kier alpha value is 0.442. The molecule has 0 bridgehead atoms. The summed E-state index contributed by atoms with van der Waals surface area (Å²) in [5.41, 5.74) is 0. The maximum absolute atomic E-state index is 10.5. The summed E-state index contributed by atoms with van der Waals surface area (Å²) < 4.78 is 0. The zero-order valence-corrected chi connectivity index (χ0v) is 22.3. The van der Waals surface area contributed by atoms with Crippen LogP contribution in [-0.2, 0) is 55.3 Å². The van der Waals surface area contributed by atoms with Crippen molar-refractivity contribution >= 4 is 35.5 Å². The van der Waals surface area contributed by atoms with Crippen molar-refractivity contribution < 1.29 is 30.0 Å². The predicted molar refractivity (Wildman–Crippen MR) is 128 cm³/mol. The molecule has 2 nitrogen and oxygen atoms in total. The van der Waals surface area contributed by atoms with Gasteiger partial charge in [0.05, 0.1) is 0 Å². The Balaban J connectivity index is -0.000000451. The van der Waals surface area contributed by atoms with Crippen molar-refractivity contribution in [2.45, 2.75) is 142 Å². The number of carbonyl (C=O) groups excluding carboxylic acids is 2. The number of hydrogen-bond donors (Lipinski definition) is 0. The Morgan fingerprint density at radius 3 is 0.862 bits per heavy atom. The maximum atomic E-state index is 10.5. The second-order valence-electron chi connectivity index (χ2n) is 7.90. The molecule has 0 fully saturated rings. The molecule has 0 atom stereocenters. The van der Waals surface area contributed by atoms with Crippen molar-refractivity contribution in [3.8, 4) is 0 Å². The van der Waals surface area contributed by atoms with E-state index in [4.69, 9.17) is 0 Å². The molecule has 0 spiro atoms. The first-order chi connectivity index (χ1) is 13.5. The summed E-state index contributed by atoms with van der Waals surface area (Å²) in [5, 5.41) is -0.152. The number of unbranched alkanes of at least 4 members (excludes halogenated alkanes) is 16. The molecule has 176 valence electrons. The van der Waals surface area contributed by atoms with Gasteiger partial charge in [-0.05, 0) is 25.7 Å². The largest absolute Gasteiger partial charge is 2.00 e.